The average molecular weight is 400 g/mol. The molecular formula is C18H26ClN3O3S. The number of carbonyl (C=O) groups is 1. The summed E-state index contributed by atoms with van der Waals surface area (Å²) in [5.74, 6) is -0.262. The highest BCUT2D eigenvalue weighted by Crippen LogP contribution is 2.28. The Bertz CT molecular complexity index is 763. The van der Waals surface area contributed by atoms with Gasteiger partial charge in [0.25, 0.3) is 5.91 Å². The fourth-order valence-electron chi connectivity index (χ4n) is 3.77. The molecule has 2 aliphatic heterocycles. The van der Waals surface area contributed by atoms with Gasteiger partial charge in [-0.15, -0.1) is 0 Å². The monoisotopic (exact) mass is 399 g/mol. The zero-order valence-electron chi connectivity index (χ0n) is 15.1. The molecule has 2 saturated heterocycles. The van der Waals surface area contributed by atoms with Gasteiger partial charge in [-0.3, -0.25) is 9.69 Å². The molecule has 0 aliphatic carbocycles. The van der Waals surface area contributed by atoms with E-state index in [-0.39, 0.29) is 15.8 Å². The van der Waals surface area contributed by atoms with Gasteiger partial charge in [-0.25, -0.2) is 8.42 Å². The lowest BCUT2D eigenvalue weighted by atomic mass is 10.2. The zero-order valence-corrected chi connectivity index (χ0v) is 16.7. The van der Waals surface area contributed by atoms with Crippen LogP contribution >= 0.6 is 11.6 Å². The first-order valence-electron chi connectivity index (χ1n) is 9.25. The fraction of sp³-hybridized carbons (Fsp3) is 0.611. The average Bonchev–Trinajstić information content (AvgIpc) is 3.31. The Labute approximate surface area is 160 Å². The largest absolute Gasteiger partial charge is 0.350 e. The van der Waals surface area contributed by atoms with Crippen molar-refractivity contribution in [2.75, 3.05) is 32.7 Å². The van der Waals surface area contributed by atoms with Gasteiger partial charge >= 0.3 is 0 Å². The highest BCUT2D eigenvalue weighted by molar-refractivity contribution is 7.89. The molecule has 0 radical (unpaired) electrons. The van der Waals surface area contributed by atoms with E-state index >= 15 is 0 Å². The molecule has 2 aliphatic rings. The minimum absolute atomic E-state index is 0.0183. The van der Waals surface area contributed by atoms with Crippen LogP contribution in [0.5, 0.6) is 0 Å². The van der Waals surface area contributed by atoms with E-state index in [1.54, 1.807) is 6.07 Å². The van der Waals surface area contributed by atoms with Crippen LogP contribution in [-0.2, 0) is 10.0 Å². The minimum Gasteiger partial charge on any atom is -0.350 e. The number of amides is 1. The molecule has 144 valence electrons. The van der Waals surface area contributed by atoms with Gasteiger partial charge < -0.3 is 5.32 Å². The second kappa shape index (κ2) is 8.25. The van der Waals surface area contributed by atoms with Crippen LogP contribution in [0.4, 0.5) is 0 Å². The highest BCUT2D eigenvalue weighted by atomic mass is 35.5. The second-order valence-electron chi connectivity index (χ2n) is 6.89. The summed E-state index contributed by atoms with van der Waals surface area (Å²) in [6, 6.07) is 4.82. The molecule has 1 aromatic rings. The molecular weight excluding hydrogens is 374 g/mol. The molecule has 8 heteroatoms. The maximum atomic E-state index is 12.8. The van der Waals surface area contributed by atoms with Gasteiger partial charge in [-0.2, -0.15) is 4.31 Å². The smallest absolute Gasteiger partial charge is 0.251 e. The Morgan fingerprint density at radius 2 is 1.96 bits per heavy atom. The van der Waals surface area contributed by atoms with Crippen LogP contribution < -0.4 is 5.32 Å². The van der Waals surface area contributed by atoms with Crippen LogP contribution in [0.3, 0.4) is 0 Å². The summed E-state index contributed by atoms with van der Waals surface area (Å²) in [5, 5.41) is 3.09. The summed E-state index contributed by atoms with van der Waals surface area (Å²) in [7, 11) is -3.66. The van der Waals surface area contributed by atoms with E-state index in [2.05, 4.69) is 17.1 Å². The summed E-state index contributed by atoms with van der Waals surface area (Å²) < 4.78 is 27.0. The third kappa shape index (κ3) is 4.06. The van der Waals surface area contributed by atoms with Crippen molar-refractivity contribution in [3.63, 3.8) is 0 Å². The Hall–Kier alpha value is -1.15. The first-order chi connectivity index (χ1) is 12.4. The molecule has 3 rings (SSSR count). The maximum Gasteiger partial charge on any atom is 0.251 e. The molecule has 26 heavy (non-hydrogen) atoms. The summed E-state index contributed by atoms with van der Waals surface area (Å²) in [5.41, 5.74) is 0.327. The first-order valence-corrected chi connectivity index (χ1v) is 11.1. The van der Waals surface area contributed by atoms with E-state index < -0.39 is 10.0 Å². The van der Waals surface area contributed by atoms with E-state index in [0.29, 0.717) is 31.2 Å². The van der Waals surface area contributed by atoms with Gasteiger partial charge in [0.2, 0.25) is 10.0 Å². The molecule has 2 heterocycles. The summed E-state index contributed by atoms with van der Waals surface area (Å²) >= 11 is 6.14. The van der Waals surface area contributed by atoms with E-state index in [0.717, 1.165) is 38.8 Å². The van der Waals surface area contributed by atoms with Crippen LogP contribution in [0.25, 0.3) is 0 Å². The van der Waals surface area contributed by atoms with Crippen molar-refractivity contribution in [3.05, 3.63) is 28.8 Å². The van der Waals surface area contributed by atoms with Crippen molar-refractivity contribution >= 4 is 27.5 Å². The minimum atomic E-state index is -3.66. The fourth-order valence-corrected chi connectivity index (χ4v) is 5.78. The third-order valence-electron chi connectivity index (χ3n) is 5.28. The Kier molecular flexibility index (Phi) is 6.22. The quantitative estimate of drug-likeness (QED) is 0.797. The van der Waals surface area contributed by atoms with E-state index in [1.165, 1.54) is 16.4 Å². The van der Waals surface area contributed by atoms with Crippen LogP contribution in [0.1, 0.15) is 43.0 Å². The predicted octanol–water partition coefficient (Wildman–Crippen LogP) is 2.34. The predicted molar refractivity (Wildman–Crippen MR) is 102 cm³/mol. The van der Waals surface area contributed by atoms with Crippen LogP contribution in [0.2, 0.25) is 5.02 Å². The molecule has 1 aromatic carbocycles. The van der Waals surface area contributed by atoms with Crippen molar-refractivity contribution < 1.29 is 13.2 Å². The number of nitrogens with zero attached hydrogens (tertiary/aromatic N) is 2. The molecule has 0 bridgehead atoms. The zero-order chi connectivity index (χ0) is 18.7. The summed E-state index contributed by atoms with van der Waals surface area (Å²) in [6.45, 7) is 5.74. The van der Waals surface area contributed by atoms with Crippen LogP contribution in [-0.4, -0.2) is 62.3 Å². The summed E-state index contributed by atoms with van der Waals surface area (Å²) in [4.78, 5) is 14.9. The van der Waals surface area contributed by atoms with Gasteiger partial charge in [0.1, 0.15) is 4.90 Å². The van der Waals surface area contributed by atoms with E-state index in [9.17, 15) is 13.2 Å². The van der Waals surface area contributed by atoms with Crippen molar-refractivity contribution in [3.8, 4) is 0 Å². The topological polar surface area (TPSA) is 69.7 Å². The van der Waals surface area contributed by atoms with Crippen LogP contribution in [0.15, 0.2) is 23.1 Å². The lowest BCUT2D eigenvalue weighted by Gasteiger charge is -2.23. The number of benzene rings is 1. The van der Waals surface area contributed by atoms with E-state index in [1.807, 2.05) is 0 Å². The van der Waals surface area contributed by atoms with Gasteiger partial charge in [0.15, 0.2) is 0 Å². The van der Waals surface area contributed by atoms with Gasteiger partial charge in [-0.1, -0.05) is 18.5 Å². The number of sulfonamides is 1. The Morgan fingerprint density at radius 3 is 2.65 bits per heavy atom. The van der Waals surface area contributed by atoms with Gasteiger partial charge in [0, 0.05) is 31.2 Å². The maximum absolute atomic E-state index is 12.8. The number of hydrogen-bond acceptors (Lipinski definition) is 4. The van der Waals surface area contributed by atoms with Crippen LogP contribution in [0, 0.1) is 0 Å². The number of rotatable bonds is 6. The number of likely N-dealkylation sites (tertiary alicyclic amines) is 1. The first kappa shape index (κ1) is 19.6. The molecule has 0 aromatic heterocycles. The Balaban J connectivity index is 1.73. The Morgan fingerprint density at radius 1 is 1.23 bits per heavy atom. The second-order valence-corrected chi connectivity index (χ2v) is 9.20. The van der Waals surface area contributed by atoms with Gasteiger partial charge in [0.05, 0.1) is 5.02 Å². The van der Waals surface area contributed by atoms with Crippen molar-refractivity contribution in [2.45, 2.75) is 43.5 Å². The van der Waals surface area contributed by atoms with Gasteiger partial charge in [-0.05, 0) is 57.0 Å². The van der Waals surface area contributed by atoms with E-state index in [4.69, 9.17) is 11.6 Å². The van der Waals surface area contributed by atoms with Crippen molar-refractivity contribution in [1.82, 2.24) is 14.5 Å². The third-order valence-corrected chi connectivity index (χ3v) is 7.66. The molecule has 2 fully saturated rings. The standard InChI is InChI=1S/C18H26ClN3O3S/c1-2-21-9-5-6-15(21)13-20-18(23)14-7-8-16(19)17(12-14)26(24,25)22-10-3-4-11-22/h7-8,12,15H,2-6,9-11,13H2,1H3,(H,20,23)/t15-/m0/s1. The number of nitrogens with one attached hydrogen (secondary N) is 1. The number of carbonyl (C=O) groups excluding carboxylic acids is 1. The number of hydrogen-bond donors (Lipinski definition) is 1. The molecule has 0 unspecified atom stereocenters. The van der Waals surface area contributed by atoms with Crippen molar-refractivity contribution in [2.24, 2.45) is 0 Å². The molecule has 6 nitrogen and oxygen atoms in total. The SMILES string of the molecule is CCN1CCC[C@H]1CNC(=O)c1ccc(Cl)c(S(=O)(=O)N2CCCC2)c1. The molecule has 0 saturated carbocycles. The molecule has 1 atom stereocenters. The lowest BCUT2D eigenvalue weighted by Crippen LogP contribution is -2.40. The summed E-state index contributed by atoms with van der Waals surface area (Å²) in [6.07, 6.45) is 3.93. The molecule has 1 amide bonds. The van der Waals surface area contributed by atoms with Crippen molar-refractivity contribution in [1.29, 1.82) is 0 Å². The highest BCUT2D eigenvalue weighted by Gasteiger charge is 2.30. The molecule has 1 N–H and O–H groups in total. The normalized spacial score (nSPS) is 22.0. The number of halogens is 1. The number of likely N-dealkylation sites (N-methyl/N-ethyl adjacent to an activating group) is 1. The molecule has 0 spiro atoms. The lowest BCUT2D eigenvalue weighted by molar-refractivity contribution is 0.0941.